The Balaban J connectivity index is 2.05. The number of hydrogen-bond donors (Lipinski definition) is 0. The molecule has 0 saturated carbocycles. The van der Waals surface area contributed by atoms with Gasteiger partial charge in [0.05, 0.1) is 6.61 Å². The number of ether oxygens (including phenoxy) is 2. The number of nitrogens with zero attached hydrogens (tertiary/aromatic N) is 1. The van der Waals surface area contributed by atoms with Gasteiger partial charge in [0.15, 0.2) is 6.29 Å². The summed E-state index contributed by atoms with van der Waals surface area (Å²) in [5.74, 6) is 1.92. The van der Waals surface area contributed by atoms with E-state index >= 15 is 0 Å². The van der Waals surface area contributed by atoms with Crippen molar-refractivity contribution in [3.63, 3.8) is 0 Å². The molecule has 92 valence electrons. The van der Waals surface area contributed by atoms with Crippen molar-refractivity contribution in [2.45, 2.75) is 6.92 Å². The quantitative estimate of drug-likeness (QED) is 0.757. The fourth-order valence-corrected chi connectivity index (χ4v) is 1.41. The molecule has 0 saturated heterocycles. The van der Waals surface area contributed by atoms with Crippen molar-refractivity contribution in [1.82, 2.24) is 4.98 Å². The summed E-state index contributed by atoms with van der Waals surface area (Å²) in [5.41, 5.74) is 0.522. The molecule has 0 aliphatic heterocycles. The Morgan fingerprint density at radius 2 is 1.83 bits per heavy atom. The zero-order valence-corrected chi connectivity index (χ0v) is 10.00. The van der Waals surface area contributed by atoms with Gasteiger partial charge in [-0.25, -0.2) is 4.98 Å². The molecule has 0 atom stereocenters. The first-order valence-electron chi connectivity index (χ1n) is 5.64. The van der Waals surface area contributed by atoms with Crippen molar-refractivity contribution >= 4 is 6.29 Å². The fourth-order valence-electron chi connectivity index (χ4n) is 1.41. The number of hydrogen-bond acceptors (Lipinski definition) is 4. The molecule has 0 amide bonds. The highest BCUT2D eigenvalue weighted by atomic mass is 16.5. The van der Waals surface area contributed by atoms with Crippen molar-refractivity contribution in [2.24, 2.45) is 0 Å². The summed E-state index contributed by atoms with van der Waals surface area (Å²) < 4.78 is 10.9. The second kappa shape index (κ2) is 5.82. The molecule has 1 heterocycles. The Morgan fingerprint density at radius 3 is 2.39 bits per heavy atom. The van der Waals surface area contributed by atoms with E-state index in [0.29, 0.717) is 23.8 Å². The van der Waals surface area contributed by atoms with Gasteiger partial charge in [0, 0.05) is 17.8 Å². The van der Waals surface area contributed by atoms with Gasteiger partial charge in [-0.15, -0.1) is 0 Å². The molecule has 4 nitrogen and oxygen atoms in total. The highest BCUT2D eigenvalue weighted by Gasteiger charge is 1.99. The predicted octanol–water partition coefficient (Wildman–Crippen LogP) is 3.09. The van der Waals surface area contributed by atoms with E-state index in [0.717, 1.165) is 12.0 Å². The van der Waals surface area contributed by atoms with E-state index in [-0.39, 0.29) is 0 Å². The van der Waals surface area contributed by atoms with Crippen molar-refractivity contribution < 1.29 is 14.3 Å². The Morgan fingerprint density at radius 1 is 1.11 bits per heavy atom. The van der Waals surface area contributed by atoms with Gasteiger partial charge in [-0.05, 0) is 37.3 Å². The summed E-state index contributed by atoms with van der Waals surface area (Å²) in [6.07, 6.45) is 2.21. The highest BCUT2D eigenvalue weighted by molar-refractivity contribution is 5.74. The molecule has 4 heteroatoms. The van der Waals surface area contributed by atoms with Gasteiger partial charge in [0.1, 0.15) is 11.5 Å². The zero-order chi connectivity index (χ0) is 12.8. The smallest absolute Gasteiger partial charge is 0.219 e. The molecule has 0 fully saturated rings. The maximum Gasteiger partial charge on any atom is 0.219 e. The number of pyridine rings is 1. The van der Waals surface area contributed by atoms with Crippen LogP contribution in [0.4, 0.5) is 0 Å². The first-order valence-corrected chi connectivity index (χ1v) is 5.64. The molecule has 18 heavy (non-hydrogen) atoms. The first kappa shape index (κ1) is 12.1. The lowest BCUT2D eigenvalue weighted by atomic mass is 10.3. The van der Waals surface area contributed by atoms with Crippen LogP contribution >= 0.6 is 0 Å². The third kappa shape index (κ3) is 3.07. The Hall–Kier alpha value is -2.36. The highest BCUT2D eigenvalue weighted by Crippen LogP contribution is 2.22. The molecule has 0 spiro atoms. The van der Waals surface area contributed by atoms with Gasteiger partial charge in [0.25, 0.3) is 0 Å². The van der Waals surface area contributed by atoms with E-state index in [9.17, 15) is 4.79 Å². The molecule has 0 unspecified atom stereocenters. The van der Waals surface area contributed by atoms with Crippen LogP contribution in [0, 0.1) is 0 Å². The van der Waals surface area contributed by atoms with Crippen LogP contribution in [0.1, 0.15) is 17.3 Å². The normalized spacial score (nSPS) is 9.83. The third-order valence-electron chi connectivity index (χ3n) is 2.25. The summed E-state index contributed by atoms with van der Waals surface area (Å²) in [6, 6.07) is 10.6. The van der Waals surface area contributed by atoms with Crippen LogP contribution in [-0.4, -0.2) is 17.9 Å². The average Bonchev–Trinajstić information content (AvgIpc) is 2.42. The zero-order valence-electron chi connectivity index (χ0n) is 10.00. The summed E-state index contributed by atoms with van der Waals surface area (Å²) >= 11 is 0. The predicted molar refractivity (Wildman–Crippen MR) is 67.3 cm³/mol. The van der Waals surface area contributed by atoms with E-state index in [1.165, 1.54) is 6.20 Å². The molecule has 2 aromatic rings. The Kier molecular flexibility index (Phi) is 3.91. The van der Waals surface area contributed by atoms with Gasteiger partial charge in [-0.3, -0.25) is 4.79 Å². The maximum absolute atomic E-state index is 10.5. The van der Waals surface area contributed by atoms with E-state index in [1.54, 1.807) is 24.3 Å². The minimum atomic E-state index is 0.449. The molecule has 1 aromatic carbocycles. The second-order valence-electron chi connectivity index (χ2n) is 3.55. The topological polar surface area (TPSA) is 48.4 Å². The molecular weight excluding hydrogens is 230 g/mol. The molecule has 0 aliphatic carbocycles. The summed E-state index contributed by atoms with van der Waals surface area (Å²) in [5, 5.41) is 0. The fraction of sp³-hybridized carbons (Fsp3) is 0.143. The number of benzene rings is 1. The minimum absolute atomic E-state index is 0.449. The average molecular weight is 243 g/mol. The van der Waals surface area contributed by atoms with Crippen molar-refractivity contribution in [3.05, 3.63) is 48.2 Å². The summed E-state index contributed by atoms with van der Waals surface area (Å²) in [6.45, 7) is 2.57. The number of aldehydes is 1. The third-order valence-corrected chi connectivity index (χ3v) is 2.25. The first-order chi connectivity index (χ1) is 8.81. The van der Waals surface area contributed by atoms with Crippen LogP contribution in [0.2, 0.25) is 0 Å². The van der Waals surface area contributed by atoms with Crippen molar-refractivity contribution in [1.29, 1.82) is 0 Å². The van der Waals surface area contributed by atoms with Gasteiger partial charge in [-0.1, -0.05) is 0 Å². The van der Waals surface area contributed by atoms with E-state index in [1.807, 2.05) is 19.1 Å². The number of aromatic nitrogens is 1. The summed E-state index contributed by atoms with van der Waals surface area (Å²) in [4.78, 5) is 14.5. The van der Waals surface area contributed by atoms with Crippen LogP contribution in [-0.2, 0) is 0 Å². The van der Waals surface area contributed by atoms with Crippen LogP contribution < -0.4 is 9.47 Å². The van der Waals surface area contributed by atoms with Gasteiger partial charge >= 0.3 is 0 Å². The molecule has 0 bridgehead atoms. The van der Waals surface area contributed by atoms with Crippen LogP contribution in [0.15, 0.2) is 42.6 Å². The maximum atomic E-state index is 10.5. The minimum Gasteiger partial charge on any atom is -0.494 e. The lowest BCUT2D eigenvalue weighted by Crippen LogP contribution is -1.92. The largest absolute Gasteiger partial charge is 0.494 e. The molecule has 0 radical (unpaired) electrons. The van der Waals surface area contributed by atoms with E-state index < -0.39 is 0 Å². The van der Waals surface area contributed by atoms with Gasteiger partial charge in [0.2, 0.25) is 5.88 Å². The molecule has 0 aliphatic rings. The SMILES string of the molecule is CCOc1ccc(Oc2ccc(C=O)cn2)cc1. The Labute approximate surface area is 105 Å². The van der Waals surface area contributed by atoms with E-state index in [4.69, 9.17) is 9.47 Å². The van der Waals surface area contributed by atoms with Crippen molar-refractivity contribution in [2.75, 3.05) is 6.61 Å². The number of rotatable bonds is 5. The molecular formula is C14H13NO3. The Bertz CT molecular complexity index is 506. The van der Waals surface area contributed by atoms with Crippen molar-refractivity contribution in [3.8, 4) is 17.4 Å². The molecule has 0 N–H and O–H groups in total. The van der Waals surface area contributed by atoms with Gasteiger partial charge < -0.3 is 9.47 Å². The van der Waals surface area contributed by atoms with Crippen LogP contribution in [0.25, 0.3) is 0 Å². The lowest BCUT2D eigenvalue weighted by molar-refractivity contribution is 0.112. The number of carbonyl (C=O) groups is 1. The molecule has 2 rings (SSSR count). The monoisotopic (exact) mass is 243 g/mol. The standard InChI is InChI=1S/C14H13NO3/c1-2-17-12-4-6-13(7-5-12)18-14-8-3-11(10-16)9-15-14/h3-10H,2H2,1H3. The molecule has 1 aromatic heterocycles. The van der Waals surface area contributed by atoms with Crippen LogP contribution in [0.5, 0.6) is 17.4 Å². The van der Waals surface area contributed by atoms with E-state index in [2.05, 4.69) is 4.98 Å². The van der Waals surface area contributed by atoms with Gasteiger partial charge in [-0.2, -0.15) is 0 Å². The van der Waals surface area contributed by atoms with Crippen LogP contribution in [0.3, 0.4) is 0 Å². The lowest BCUT2D eigenvalue weighted by Gasteiger charge is -2.06. The summed E-state index contributed by atoms with van der Waals surface area (Å²) in [7, 11) is 0. The number of carbonyl (C=O) groups excluding carboxylic acids is 1. The second-order valence-corrected chi connectivity index (χ2v) is 3.55.